The van der Waals surface area contributed by atoms with Gasteiger partial charge >= 0.3 is 0 Å². The van der Waals surface area contributed by atoms with E-state index in [0.29, 0.717) is 0 Å². The molecule has 2 atom stereocenters. The number of rotatable bonds is 2. The Bertz CT molecular complexity index is 628. The second kappa shape index (κ2) is 4.60. The van der Waals surface area contributed by atoms with E-state index in [-0.39, 0.29) is 0 Å². The highest BCUT2D eigenvalue weighted by molar-refractivity contribution is 5.83. The van der Waals surface area contributed by atoms with Gasteiger partial charge in [-0.15, -0.1) is 0 Å². The Hall–Kier alpha value is -1.34. The number of benzene rings is 2. The van der Waals surface area contributed by atoms with Gasteiger partial charge in [0, 0.05) is 0 Å². The molecule has 0 spiro atoms. The lowest BCUT2D eigenvalue weighted by molar-refractivity contribution is -0.0250. The molecule has 4 rings (SSSR count). The first kappa shape index (κ1) is 12.4. The lowest BCUT2D eigenvalue weighted by Crippen LogP contribution is -2.33. The smallest absolute Gasteiger partial charge is 0.0899 e. The molecule has 0 bridgehead atoms. The van der Waals surface area contributed by atoms with Crippen LogP contribution in [0.1, 0.15) is 44.1 Å². The molecule has 0 aliphatic heterocycles. The Morgan fingerprint density at radius 2 is 1.70 bits per heavy atom. The highest BCUT2D eigenvalue weighted by Crippen LogP contribution is 2.49. The molecule has 1 nitrogen and oxygen atoms in total. The zero-order valence-corrected chi connectivity index (χ0v) is 11.9. The molecular formula is C19H22O. The van der Waals surface area contributed by atoms with Crippen molar-refractivity contribution < 1.29 is 5.11 Å². The van der Waals surface area contributed by atoms with Crippen molar-refractivity contribution in [3.8, 4) is 0 Å². The van der Waals surface area contributed by atoms with Crippen molar-refractivity contribution in [3.05, 3.63) is 48.0 Å². The minimum Gasteiger partial charge on any atom is -0.385 e. The first-order valence-electron chi connectivity index (χ1n) is 7.96. The van der Waals surface area contributed by atoms with Gasteiger partial charge in [-0.25, -0.2) is 0 Å². The molecule has 104 valence electrons. The van der Waals surface area contributed by atoms with E-state index in [9.17, 15) is 5.11 Å². The third kappa shape index (κ3) is 2.14. The zero-order valence-electron chi connectivity index (χ0n) is 11.9. The van der Waals surface area contributed by atoms with Crippen molar-refractivity contribution in [2.24, 2.45) is 11.8 Å². The van der Waals surface area contributed by atoms with Gasteiger partial charge in [-0.2, -0.15) is 0 Å². The van der Waals surface area contributed by atoms with Crippen LogP contribution >= 0.6 is 0 Å². The summed E-state index contributed by atoms with van der Waals surface area (Å²) in [5.41, 5.74) is 0.539. The fourth-order valence-electron chi connectivity index (χ4n) is 4.01. The van der Waals surface area contributed by atoms with E-state index in [1.807, 2.05) is 0 Å². The van der Waals surface area contributed by atoms with Crippen molar-refractivity contribution in [2.45, 2.75) is 44.1 Å². The highest BCUT2D eigenvalue weighted by Gasteiger charge is 2.41. The Morgan fingerprint density at radius 3 is 2.50 bits per heavy atom. The summed E-state index contributed by atoms with van der Waals surface area (Å²) in [6.45, 7) is 0. The van der Waals surface area contributed by atoms with Crippen LogP contribution in [-0.2, 0) is 5.60 Å². The predicted octanol–water partition coefficient (Wildman–Crippen LogP) is 4.63. The molecule has 2 fully saturated rings. The topological polar surface area (TPSA) is 20.2 Å². The minimum atomic E-state index is -0.588. The average molecular weight is 266 g/mol. The third-order valence-corrected chi connectivity index (χ3v) is 5.34. The largest absolute Gasteiger partial charge is 0.385 e. The van der Waals surface area contributed by atoms with Crippen LogP contribution < -0.4 is 0 Å². The summed E-state index contributed by atoms with van der Waals surface area (Å²) in [6.07, 6.45) is 7.16. The fourth-order valence-corrected chi connectivity index (χ4v) is 4.01. The van der Waals surface area contributed by atoms with Crippen LogP contribution in [0, 0.1) is 11.8 Å². The number of hydrogen-bond acceptors (Lipinski definition) is 1. The van der Waals surface area contributed by atoms with E-state index in [2.05, 4.69) is 42.5 Å². The van der Waals surface area contributed by atoms with Crippen LogP contribution in [0.5, 0.6) is 0 Å². The molecule has 2 aliphatic rings. The summed E-state index contributed by atoms with van der Waals surface area (Å²) >= 11 is 0. The molecule has 1 N–H and O–H groups in total. The third-order valence-electron chi connectivity index (χ3n) is 5.34. The molecule has 0 saturated heterocycles. The molecule has 0 heterocycles. The van der Waals surface area contributed by atoms with Crippen molar-refractivity contribution in [1.29, 1.82) is 0 Å². The molecule has 2 unspecified atom stereocenters. The van der Waals surface area contributed by atoms with E-state index in [4.69, 9.17) is 0 Å². The van der Waals surface area contributed by atoms with Gasteiger partial charge in [0.05, 0.1) is 5.60 Å². The summed E-state index contributed by atoms with van der Waals surface area (Å²) in [5.74, 6) is 1.66. The molecule has 2 aromatic carbocycles. The maximum atomic E-state index is 11.1. The Labute approximate surface area is 120 Å². The van der Waals surface area contributed by atoms with Crippen molar-refractivity contribution in [2.75, 3.05) is 0 Å². The molecule has 2 saturated carbocycles. The van der Waals surface area contributed by atoms with Gasteiger partial charge in [0.25, 0.3) is 0 Å². The SMILES string of the molecule is OC1(c2ccc3ccccc3c2)CCCC(C2CC2)C1. The molecule has 0 aromatic heterocycles. The van der Waals surface area contributed by atoms with Crippen LogP contribution in [0.15, 0.2) is 42.5 Å². The van der Waals surface area contributed by atoms with Crippen molar-refractivity contribution in [1.82, 2.24) is 0 Å². The van der Waals surface area contributed by atoms with Gasteiger partial charge in [-0.3, -0.25) is 0 Å². The van der Waals surface area contributed by atoms with Gasteiger partial charge in [-0.05, 0) is 72.8 Å². The van der Waals surface area contributed by atoms with Gasteiger partial charge in [0.2, 0.25) is 0 Å². The minimum absolute atomic E-state index is 0.588. The highest BCUT2D eigenvalue weighted by atomic mass is 16.3. The maximum absolute atomic E-state index is 11.1. The summed E-state index contributed by atoms with van der Waals surface area (Å²) < 4.78 is 0. The van der Waals surface area contributed by atoms with Crippen molar-refractivity contribution >= 4 is 10.8 Å². The molecule has 0 amide bonds. The number of fused-ring (bicyclic) bond motifs is 1. The Balaban J connectivity index is 1.69. The number of aliphatic hydroxyl groups is 1. The molecular weight excluding hydrogens is 244 g/mol. The van der Waals surface area contributed by atoms with Crippen LogP contribution in [0.3, 0.4) is 0 Å². The summed E-state index contributed by atoms with van der Waals surface area (Å²) in [6, 6.07) is 14.9. The van der Waals surface area contributed by atoms with Crippen LogP contribution in [0.25, 0.3) is 10.8 Å². The Morgan fingerprint density at radius 1 is 0.900 bits per heavy atom. The maximum Gasteiger partial charge on any atom is 0.0899 e. The summed E-state index contributed by atoms with van der Waals surface area (Å²) in [5, 5.41) is 13.7. The van der Waals surface area contributed by atoms with E-state index in [1.54, 1.807) is 0 Å². The van der Waals surface area contributed by atoms with Crippen LogP contribution in [-0.4, -0.2) is 5.11 Å². The monoisotopic (exact) mass is 266 g/mol. The van der Waals surface area contributed by atoms with Gasteiger partial charge in [0.15, 0.2) is 0 Å². The van der Waals surface area contributed by atoms with E-state index in [1.165, 1.54) is 36.5 Å². The lowest BCUT2D eigenvalue weighted by Gasteiger charge is -2.37. The van der Waals surface area contributed by atoms with Crippen LogP contribution in [0.2, 0.25) is 0 Å². The van der Waals surface area contributed by atoms with E-state index in [0.717, 1.165) is 30.2 Å². The van der Waals surface area contributed by atoms with Gasteiger partial charge in [0.1, 0.15) is 0 Å². The average Bonchev–Trinajstić information content (AvgIpc) is 3.31. The van der Waals surface area contributed by atoms with Gasteiger partial charge < -0.3 is 5.11 Å². The first-order valence-corrected chi connectivity index (χ1v) is 7.96. The van der Waals surface area contributed by atoms with Crippen LogP contribution in [0.4, 0.5) is 0 Å². The van der Waals surface area contributed by atoms with Crippen molar-refractivity contribution in [3.63, 3.8) is 0 Å². The first-order chi connectivity index (χ1) is 9.74. The molecule has 20 heavy (non-hydrogen) atoms. The second-order valence-corrected chi connectivity index (χ2v) is 6.79. The van der Waals surface area contributed by atoms with Gasteiger partial charge in [-0.1, -0.05) is 36.4 Å². The molecule has 2 aliphatic carbocycles. The fraction of sp³-hybridized carbons (Fsp3) is 0.474. The summed E-state index contributed by atoms with van der Waals surface area (Å²) in [4.78, 5) is 0. The lowest BCUT2D eigenvalue weighted by atomic mass is 9.72. The summed E-state index contributed by atoms with van der Waals surface area (Å²) in [7, 11) is 0. The van der Waals surface area contributed by atoms with E-state index >= 15 is 0 Å². The Kier molecular flexibility index (Phi) is 2.85. The second-order valence-electron chi connectivity index (χ2n) is 6.79. The van der Waals surface area contributed by atoms with E-state index < -0.39 is 5.60 Å². The number of hydrogen-bond donors (Lipinski definition) is 1. The zero-order chi connectivity index (χ0) is 13.6. The standard InChI is InChI=1S/C19H22O/c20-19(11-3-6-17(13-19)15-7-8-15)18-10-9-14-4-1-2-5-16(14)12-18/h1-2,4-5,9-10,12,15,17,20H,3,6-8,11,13H2. The molecule has 1 heteroatoms. The predicted molar refractivity (Wildman–Crippen MR) is 82.5 cm³/mol. The quantitative estimate of drug-likeness (QED) is 0.840. The molecule has 2 aromatic rings. The normalized spacial score (nSPS) is 30.6. The molecule has 0 radical (unpaired) electrons.